The predicted octanol–water partition coefficient (Wildman–Crippen LogP) is 3.68. The van der Waals surface area contributed by atoms with E-state index in [1.54, 1.807) is 0 Å². The van der Waals surface area contributed by atoms with Gasteiger partial charge in [-0.25, -0.2) is 0 Å². The fourth-order valence-electron chi connectivity index (χ4n) is 2.89. The van der Waals surface area contributed by atoms with E-state index in [4.69, 9.17) is 26.6 Å². The molecule has 28 heavy (non-hydrogen) atoms. The van der Waals surface area contributed by atoms with Crippen LogP contribution in [-0.2, 0) is 26.6 Å². The Hall–Kier alpha value is 1.44. The molecule has 172 valence electrons. The zero-order valence-electron chi connectivity index (χ0n) is 18.8. The second-order valence-corrected chi connectivity index (χ2v) is 12.5. The fourth-order valence-corrected chi connectivity index (χ4v) is 9.52. The van der Waals surface area contributed by atoms with E-state index >= 15 is 0 Å². The van der Waals surface area contributed by atoms with E-state index in [0.717, 1.165) is 36.4 Å². The van der Waals surface area contributed by atoms with Crippen molar-refractivity contribution in [2.75, 3.05) is 51.1 Å². The van der Waals surface area contributed by atoms with Gasteiger partial charge in [-0.05, 0) is 65.9 Å². The molecule has 0 heterocycles. The van der Waals surface area contributed by atoms with E-state index in [9.17, 15) is 0 Å². The van der Waals surface area contributed by atoms with E-state index < -0.39 is 17.6 Å². The molecule has 0 aliphatic rings. The first-order chi connectivity index (χ1) is 13.1. The molecule has 0 N–H and O–H groups in total. The van der Waals surface area contributed by atoms with Crippen molar-refractivity contribution in [3.8, 4) is 0 Å². The summed E-state index contributed by atoms with van der Waals surface area (Å²) in [6, 6.07) is 1.76. The van der Waals surface area contributed by atoms with Gasteiger partial charge in [0.25, 0.3) is 0 Å². The van der Waals surface area contributed by atoms with Gasteiger partial charge in [0.1, 0.15) is 0 Å². The summed E-state index contributed by atoms with van der Waals surface area (Å²) in [6.07, 6.45) is 2.09. The molecular weight excluding hydrogens is 609 g/mol. The van der Waals surface area contributed by atoms with Gasteiger partial charge in [-0.1, -0.05) is 0 Å². The molecule has 10 heteroatoms. The van der Waals surface area contributed by atoms with Crippen LogP contribution in [-0.4, -0.2) is 95.3 Å². The number of hydrogen-bond donors (Lipinski definition) is 0. The molecule has 0 fully saturated rings. The summed E-state index contributed by atoms with van der Waals surface area (Å²) < 4.78 is 35.4. The molecule has 0 aromatic carbocycles. The average Bonchev–Trinajstić information content (AvgIpc) is 2.62. The van der Waals surface area contributed by atoms with Gasteiger partial charge in [0.2, 0.25) is 0 Å². The summed E-state index contributed by atoms with van der Waals surface area (Å²) in [6.45, 7) is 15.8. The Labute approximate surface area is 199 Å². The summed E-state index contributed by atoms with van der Waals surface area (Å²) in [4.78, 5) is 0. The molecule has 0 bridgehead atoms. The van der Waals surface area contributed by atoms with Crippen LogP contribution >= 0.6 is 11.8 Å². The van der Waals surface area contributed by atoms with Gasteiger partial charge >= 0.3 is 44.2 Å². The first kappa shape index (κ1) is 31.6. The second-order valence-electron chi connectivity index (χ2n) is 5.78. The minimum atomic E-state index is -2.49. The van der Waals surface area contributed by atoms with E-state index in [1.165, 1.54) is 0 Å². The molecule has 0 saturated heterocycles. The second kappa shape index (κ2) is 20.3. The maximum atomic E-state index is 5.90. The van der Waals surface area contributed by atoms with E-state index in [2.05, 4.69) is 0 Å². The fraction of sp³-hybridized carbons (Fsp3) is 1.00. The molecule has 0 spiro atoms. The molecule has 0 aromatic heterocycles. The number of rotatable bonds is 20. The van der Waals surface area contributed by atoms with Crippen LogP contribution in [0.2, 0.25) is 12.1 Å². The Balaban J connectivity index is 0. The van der Waals surface area contributed by atoms with Crippen molar-refractivity contribution in [3.63, 3.8) is 0 Å². The van der Waals surface area contributed by atoms with Crippen molar-refractivity contribution >= 4 is 55.9 Å². The van der Waals surface area contributed by atoms with Crippen molar-refractivity contribution in [2.45, 2.75) is 66.5 Å². The SMILES string of the molecule is CCO[Si](CCCSCCC[Si](OCC)(OCC)OCC)(OCC)OCC.[PoH2]. The van der Waals surface area contributed by atoms with Crippen LogP contribution in [0.15, 0.2) is 0 Å². The summed E-state index contributed by atoms with van der Waals surface area (Å²) >= 11 is 1.95. The monoisotopic (exact) mass is 653 g/mol. The van der Waals surface area contributed by atoms with E-state index in [1.807, 2.05) is 53.3 Å². The first-order valence-corrected chi connectivity index (χ1v) is 15.5. The molecule has 0 atom stereocenters. The quantitative estimate of drug-likeness (QED) is 0.147. The summed E-state index contributed by atoms with van der Waals surface area (Å²) in [5.74, 6) is 2.16. The number of thioether (sulfide) groups is 1. The Morgan fingerprint density at radius 1 is 0.500 bits per heavy atom. The van der Waals surface area contributed by atoms with Crippen LogP contribution in [0, 0.1) is 0 Å². The van der Waals surface area contributed by atoms with Gasteiger partial charge in [-0.2, -0.15) is 11.8 Å². The molecular formula is C18H44O6PoSSi2. The van der Waals surface area contributed by atoms with Crippen LogP contribution in [0.3, 0.4) is 0 Å². The van der Waals surface area contributed by atoms with Gasteiger partial charge in [0, 0.05) is 51.7 Å². The molecule has 0 aliphatic heterocycles. The van der Waals surface area contributed by atoms with Crippen LogP contribution in [0.1, 0.15) is 54.4 Å². The van der Waals surface area contributed by atoms with Gasteiger partial charge in [-0.15, -0.1) is 0 Å². The van der Waals surface area contributed by atoms with Crippen molar-refractivity contribution in [1.29, 1.82) is 0 Å². The minimum absolute atomic E-state index is 0. The molecule has 0 radical (unpaired) electrons. The van der Waals surface area contributed by atoms with Gasteiger partial charge in [-0.3, -0.25) is 0 Å². The summed E-state index contributed by atoms with van der Waals surface area (Å²) in [5.41, 5.74) is 0. The van der Waals surface area contributed by atoms with Gasteiger partial charge < -0.3 is 26.6 Å². The first-order valence-electron chi connectivity index (χ1n) is 10.5. The normalized spacial score (nSPS) is 12.2. The van der Waals surface area contributed by atoms with Crippen molar-refractivity contribution in [2.24, 2.45) is 0 Å². The summed E-state index contributed by atoms with van der Waals surface area (Å²) in [7, 11) is -4.99. The predicted molar refractivity (Wildman–Crippen MR) is 126 cm³/mol. The average molecular weight is 654 g/mol. The van der Waals surface area contributed by atoms with Crippen molar-refractivity contribution in [1.82, 2.24) is 0 Å². The topological polar surface area (TPSA) is 55.4 Å². The Kier molecular flexibility index (Phi) is 23.0. The Bertz CT molecular complexity index is 281. The zero-order valence-corrected chi connectivity index (χ0v) is 25.5. The molecule has 0 saturated carbocycles. The Morgan fingerprint density at radius 2 is 0.750 bits per heavy atom. The third kappa shape index (κ3) is 13.7. The molecule has 0 aliphatic carbocycles. The maximum absolute atomic E-state index is 5.90. The molecule has 0 amide bonds. The number of hydrogen-bond acceptors (Lipinski definition) is 7. The Morgan fingerprint density at radius 3 is 0.964 bits per heavy atom. The van der Waals surface area contributed by atoms with E-state index in [0.29, 0.717) is 39.6 Å². The molecule has 0 rings (SSSR count). The van der Waals surface area contributed by atoms with Crippen molar-refractivity contribution in [3.05, 3.63) is 0 Å². The molecule has 6 nitrogen and oxygen atoms in total. The van der Waals surface area contributed by atoms with Crippen molar-refractivity contribution < 1.29 is 26.6 Å². The van der Waals surface area contributed by atoms with Gasteiger partial charge in [0.15, 0.2) is 0 Å². The van der Waals surface area contributed by atoms with Crippen LogP contribution in [0.5, 0.6) is 0 Å². The summed E-state index contributed by atoms with van der Waals surface area (Å²) in [5, 5.41) is 0. The van der Waals surface area contributed by atoms with Crippen LogP contribution < -0.4 is 0 Å². The third-order valence-corrected chi connectivity index (χ3v) is 11.2. The van der Waals surface area contributed by atoms with Gasteiger partial charge in [0.05, 0.1) is 0 Å². The van der Waals surface area contributed by atoms with Crippen LogP contribution in [0.25, 0.3) is 0 Å². The molecule has 0 aromatic rings. The van der Waals surface area contributed by atoms with Crippen LogP contribution in [0.4, 0.5) is 0 Å². The molecule has 0 unspecified atom stereocenters. The third-order valence-electron chi connectivity index (χ3n) is 3.73. The van der Waals surface area contributed by atoms with E-state index in [-0.39, 0.29) is 26.6 Å². The standard InChI is InChI=1S/C18H42O6SSi2.Po.2H/c1-7-19-26(20-8-2,21-9-3)17-13-15-25-16-14-18-27(22-10-4,23-11-5)24-12-6;;;/h7-18H2,1-6H3;;;. The zero-order chi connectivity index (χ0) is 20.4.